The minimum absolute atomic E-state index is 0.267. The van der Waals surface area contributed by atoms with Crippen LogP contribution in [0.25, 0.3) is 0 Å². The molecule has 1 atom stereocenters. The fourth-order valence-electron chi connectivity index (χ4n) is 1.68. The molecule has 0 aliphatic heterocycles. The third kappa shape index (κ3) is 7.65. The van der Waals surface area contributed by atoms with Gasteiger partial charge in [0.25, 0.3) is 0 Å². The predicted octanol–water partition coefficient (Wildman–Crippen LogP) is 1.51. The third-order valence-corrected chi connectivity index (χ3v) is 2.74. The van der Waals surface area contributed by atoms with Crippen LogP contribution in [0, 0.1) is 0 Å². The van der Waals surface area contributed by atoms with E-state index in [2.05, 4.69) is 37.7 Å². The smallest absolute Gasteiger partial charge is 0.303 e. The number of nitrogens with zero attached hydrogens (tertiary/aromatic N) is 2. The molecule has 0 fully saturated rings. The molecule has 0 aromatic carbocycles. The van der Waals surface area contributed by atoms with Crippen LogP contribution < -0.4 is 0 Å². The van der Waals surface area contributed by atoms with Gasteiger partial charge in [-0.05, 0) is 40.4 Å². The number of carboxylic acids is 1. The summed E-state index contributed by atoms with van der Waals surface area (Å²) < 4.78 is 0. The second-order valence-electron chi connectivity index (χ2n) is 4.62. The minimum Gasteiger partial charge on any atom is -0.481 e. The van der Waals surface area contributed by atoms with Gasteiger partial charge in [-0.3, -0.25) is 9.69 Å². The molecule has 16 heavy (non-hydrogen) atoms. The zero-order valence-corrected chi connectivity index (χ0v) is 11.1. The number of aliphatic carboxylic acids is 1. The van der Waals surface area contributed by atoms with Crippen LogP contribution in [0.15, 0.2) is 0 Å². The van der Waals surface area contributed by atoms with Gasteiger partial charge < -0.3 is 10.0 Å². The number of hydrogen-bond donors (Lipinski definition) is 1. The Morgan fingerprint density at radius 3 is 2.31 bits per heavy atom. The second kappa shape index (κ2) is 8.53. The highest BCUT2D eigenvalue weighted by Crippen LogP contribution is 2.07. The highest BCUT2D eigenvalue weighted by atomic mass is 16.4. The van der Waals surface area contributed by atoms with Crippen LogP contribution in [0.4, 0.5) is 0 Å². The van der Waals surface area contributed by atoms with E-state index in [9.17, 15) is 4.79 Å². The van der Waals surface area contributed by atoms with Gasteiger partial charge in [-0.25, -0.2) is 0 Å². The summed E-state index contributed by atoms with van der Waals surface area (Å²) in [5.41, 5.74) is 0. The van der Waals surface area contributed by atoms with Crippen molar-refractivity contribution in [3.8, 4) is 0 Å². The van der Waals surface area contributed by atoms with Gasteiger partial charge in [0.2, 0.25) is 0 Å². The molecule has 4 heteroatoms. The first kappa shape index (κ1) is 15.4. The molecule has 0 saturated carbocycles. The molecule has 0 bridgehead atoms. The number of likely N-dealkylation sites (N-methyl/N-ethyl adjacent to an activating group) is 1. The lowest BCUT2D eigenvalue weighted by molar-refractivity contribution is -0.137. The van der Waals surface area contributed by atoms with Crippen LogP contribution in [-0.4, -0.2) is 60.6 Å². The van der Waals surface area contributed by atoms with Crippen LogP contribution in [0.5, 0.6) is 0 Å². The zero-order chi connectivity index (χ0) is 12.6. The highest BCUT2D eigenvalue weighted by molar-refractivity contribution is 5.66. The number of rotatable bonds is 9. The first-order valence-corrected chi connectivity index (χ1v) is 6.08. The zero-order valence-electron chi connectivity index (χ0n) is 11.1. The number of carboxylic acid groups (broad SMARTS) is 1. The average Bonchev–Trinajstić information content (AvgIpc) is 2.20. The fourth-order valence-corrected chi connectivity index (χ4v) is 1.68. The Hall–Kier alpha value is -0.610. The molecule has 0 heterocycles. The first-order valence-electron chi connectivity index (χ1n) is 6.08. The Bertz CT molecular complexity index is 195. The SMILES string of the molecule is CCCN(CCN(C)C)C(C)CCC(=O)O. The largest absolute Gasteiger partial charge is 0.481 e. The molecule has 0 rings (SSSR count). The average molecular weight is 230 g/mol. The van der Waals surface area contributed by atoms with E-state index in [1.54, 1.807) is 0 Å². The van der Waals surface area contributed by atoms with Gasteiger partial charge in [-0.15, -0.1) is 0 Å². The molecule has 0 aliphatic carbocycles. The van der Waals surface area contributed by atoms with Gasteiger partial charge in [-0.2, -0.15) is 0 Å². The molecule has 1 N–H and O–H groups in total. The molecular formula is C12H26N2O2. The molecule has 96 valence electrons. The van der Waals surface area contributed by atoms with Crippen LogP contribution >= 0.6 is 0 Å². The lowest BCUT2D eigenvalue weighted by atomic mass is 10.1. The van der Waals surface area contributed by atoms with E-state index in [-0.39, 0.29) is 6.42 Å². The molecule has 0 aromatic heterocycles. The van der Waals surface area contributed by atoms with Crippen LogP contribution in [-0.2, 0) is 4.79 Å². The van der Waals surface area contributed by atoms with Crippen LogP contribution in [0.2, 0.25) is 0 Å². The van der Waals surface area contributed by atoms with Crippen molar-refractivity contribution in [1.29, 1.82) is 0 Å². The first-order chi connectivity index (χ1) is 7.47. The molecule has 0 aliphatic rings. The van der Waals surface area contributed by atoms with Crippen molar-refractivity contribution in [3.63, 3.8) is 0 Å². The summed E-state index contributed by atoms with van der Waals surface area (Å²) in [6, 6.07) is 0.357. The Morgan fingerprint density at radius 2 is 1.88 bits per heavy atom. The maximum absolute atomic E-state index is 10.5. The molecule has 0 aromatic rings. The number of hydrogen-bond acceptors (Lipinski definition) is 3. The lowest BCUT2D eigenvalue weighted by Crippen LogP contribution is -2.38. The summed E-state index contributed by atoms with van der Waals surface area (Å²) in [4.78, 5) is 15.1. The minimum atomic E-state index is -0.698. The van der Waals surface area contributed by atoms with Crippen LogP contribution in [0.1, 0.15) is 33.1 Å². The van der Waals surface area contributed by atoms with Crippen LogP contribution in [0.3, 0.4) is 0 Å². The molecule has 0 spiro atoms. The van der Waals surface area contributed by atoms with Gasteiger partial charge in [0.05, 0.1) is 0 Å². The topological polar surface area (TPSA) is 43.8 Å². The van der Waals surface area contributed by atoms with Gasteiger partial charge in [0.15, 0.2) is 0 Å². The van der Waals surface area contributed by atoms with Crippen molar-refractivity contribution in [1.82, 2.24) is 9.80 Å². The van der Waals surface area contributed by atoms with E-state index in [0.717, 1.165) is 32.5 Å². The number of carbonyl (C=O) groups is 1. The van der Waals surface area contributed by atoms with Gasteiger partial charge in [0, 0.05) is 25.6 Å². The van der Waals surface area contributed by atoms with Crippen molar-refractivity contribution in [2.75, 3.05) is 33.7 Å². The molecule has 0 radical (unpaired) electrons. The maximum atomic E-state index is 10.5. The van der Waals surface area contributed by atoms with E-state index < -0.39 is 5.97 Å². The summed E-state index contributed by atoms with van der Waals surface area (Å²) in [5.74, 6) is -0.698. The lowest BCUT2D eigenvalue weighted by Gasteiger charge is -2.29. The van der Waals surface area contributed by atoms with E-state index in [4.69, 9.17) is 5.11 Å². The van der Waals surface area contributed by atoms with Crippen molar-refractivity contribution >= 4 is 5.97 Å². The van der Waals surface area contributed by atoms with Gasteiger partial charge >= 0.3 is 5.97 Å². The van der Waals surface area contributed by atoms with Gasteiger partial charge in [0.1, 0.15) is 0 Å². The van der Waals surface area contributed by atoms with Crippen molar-refractivity contribution < 1.29 is 9.90 Å². The second-order valence-corrected chi connectivity index (χ2v) is 4.62. The predicted molar refractivity (Wildman–Crippen MR) is 66.7 cm³/mol. The fraction of sp³-hybridized carbons (Fsp3) is 0.917. The summed E-state index contributed by atoms with van der Waals surface area (Å²) in [6.45, 7) is 7.37. The summed E-state index contributed by atoms with van der Waals surface area (Å²) in [6.07, 6.45) is 2.12. The molecular weight excluding hydrogens is 204 g/mol. The molecule has 4 nitrogen and oxygen atoms in total. The van der Waals surface area contributed by atoms with E-state index >= 15 is 0 Å². The standard InChI is InChI=1S/C12H26N2O2/c1-5-8-14(10-9-13(3)4)11(2)6-7-12(15)16/h11H,5-10H2,1-4H3,(H,15,16). The summed E-state index contributed by atoms with van der Waals surface area (Å²) >= 11 is 0. The molecule has 1 unspecified atom stereocenters. The van der Waals surface area contributed by atoms with E-state index in [1.165, 1.54) is 0 Å². The quantitative estimate of drug-likeness (QED) is 0.652. The van der Waals surface area contributed by atoms with E-state index in [1.807, 2.05) is 0 Å². The van der Waals surface area contributed by atoms with Crippen molar-refractivity contribution in [3.05, 3.63) is 0 Å². The van der Waals surface area contributed by atoms with Crippen molar-refractivity contribution in [2.45, 2.75) is 39.2 Å². The normalized spacial score (nSPS) is 13.4. The maximum Gasteiger partial charge on any atom is 0.303 e. The summed E-state index contributed by atoms with van der Waals surface area (Å²) in [5, 5.41) is 8.67. The van der Waals surface area contributed by atoms with Crippen molar-refractivity contribution in [2.24, 2.45) is 0 Å². The van der Waals surface area contributed by atoms with Gasteiger partial charge in [-0.1, -0.05) is 6.92 Å². The molecule has 0 saturated heterocycles. The monoisotopic (exact) mass is 230 g/mol. The Balaban J connectivity index is 4.01. The van der Waals surface area contributed by atoms with E-state index in [0.29, 0.717) is 6.04 Å². The highest BCUT2D eigenvalue weighted by Gasteiger charge is 2.14. The Kier molecular flexibility index (Phi) is 8.21. The third-order valence-electron chi connectivity index (χ3n) is 2.74. The molecule has 0 amide bonds. The Labute approximate surface area is 99.2 Å². The Morgan fingerprint density at radius 1 is 1.25 bits per heavy atom. The summed E-state index contributed by atoms with van der Waals surface area (Å²) in [7, 11) is 4.12.